The molecular formula is C32H41N3O4S. The number of nitrogens with one attached hydrogen (secondary N) is 1. The highest BCUT2D eigenvalue weighted by molar-refractivity contribution is 7.92. The Kier molecular flexibility index (Phi) is 10.5. The lowest BCUT2D eigenvalue weighted by molar-refractivity contribution is -0.140. The number of benzene rings is 3. The van der Waals surface area contributed by atoms with Gasteiger partial charge in [0.15, 0.2) is 0 Å². The first-order chi connectivity index (χ1) is 18.9. The summed E-state index contributed by atoms with van der Waals surface area (Å²) < 4.78 is 27.2. The van der Waals surface area contributed by atoms with E-state index in [0.29, 0.717) is 12.1 Å². The normalized spacial score (nSPS) is 12.8. The Morgan fingerprint density at radius 1 is 0.875 bits per heavy atom. The maximum absolute atomic E-state index is 14.2. The fourth-order valence-corrected chi connectivity index (χ4v) is 5.39. The van der Waals surface area contributed by atoms with Crippen LogP contribution in [0.3, 0.4) is 0 Å². The van der Waals surface area contributed by atoms with Crippen LogP contribution in [0.2, 0.25) is 0 Å². The van der Waals surface area contributed by atoms with Crippen molar-refractivity contribution in [1.29, 1.82) is 0 Å². The molecule has 0 radical (unpaired) electrons. The average Bonchev–Trinajstić information content (AvgIpc) is 2.91. The van der Waals surface area contributed by atoms with Gasteiger partial charge >= 0.3 is 0 Å². The quantitative estimate of drug-likeness (QED) is 0.339. The minimum atomic E-state index is -3.81. The molecule has 0 bridgehead atoms. The Morgan fingerprint density at radius 2 is 1.52 bits per heavy atom. The number of aryl methyl sites for hydroxylation is 2. The van der Waals surface area contributed by atoms with Gasteiger partial charge in [-0.1, -0.05) is 79.2 Å². The predicted molar refractivity (Wildman–Crippen MR) is 162 cm³/mol. The molecule has 40 heavy (non-hydrogen) atoms. The highest BCUT2D eigenvalue weighted by Gasteiger charge is 2.33. The van der Waals surface area contributed by atoms with Crippen molar-refractivity contribution in [2.45, 2.75) is 66.1 Å². The molecule has 214 valence electrons. The van der Waals surface area contributed by atoms with Gasteiger partial charge in [0.25, 0.3) is 0 Å². The van der Waals surface area contributed by atoms with E-state index in [4.69, 9.17) is 0 Å². The van der Waals surface area contributed by atoms with Crippen molar-refractivity contribution in [2.75, 3.05) is 17.1 Å². The number of hydrogen-bond acceptors (Lipinski definition) is 4. The zero-order valence-electron chi connectivity index (χ0n) is 24.3. The lowest BCUT2D eigenvalue weighted by atomic mass is 10.0. The van der Waals surface area contributed by atoms with Crippen LogP contribution in [0.25, 0.3) is 0 Å². The van der Waals surface area contributed by atoms with E-state index >= 15 is 0 Å². The van der Waals surface area contributed by atoms with E-state index in [-0.39, 0.29) is 18.5 Å². The molecule has 3 rings (SSSR count). The van der Waals surface area contributed by atoms with Gasteiger partial charge < -0.3 is 10.2 Å². The zero-order valence-corrected chi connectivity index (χ0v) is 25.2. The molecule has 0 saturated carbocycles. The van der Waals surface area contributed by atoms with Gasteiger partial charge in [-0.05, 0) is 62.4 Å². The lowest BCUT2D eigenvalue weighted by Gasteiger charge is -2.34. The Bertz CT molecular complexity index is 1410. The van der Waals surface area contributed by atoms with Crippen LogP contribution in [0.1, 0.15) is 48.1 Å². The van der Waals surface area contributed by atoms with Crippen molar-refractivity contribution in [3.8, 4) is 0 Å². The standard InChI is InChI=1S/C32H41N3O4S/c1-7-25(4)33-32(37)30(20-27-13-9-8-10-14-27)34(21-28-18-16-23(2)17-19-28)31(36)22-35(40(6,38)39)29-15-11-12-24(3)26(29)5/h8-19,25,30H,7,20-22H2,1-6H3,(H,33,37)/t25-,30-/m0/s1. The van der Waals surface area contributed by atoms with Gasteiger partial charge in [-0.15, -0.1) is 0 Å². The molecule has 0 aliphatic rings. The van der Waals surface area contributed by atoms with Crippen molar-refractivity contribution in [3.63, 3.8) is 0 Å². The molecule has 2 amide bonds. The van der Waals surface area contributed by atoms with Crippen molar-refractivity contribution in [2.24, 2.45) is 0 Å². The summed E-state index contributed by atoms with van der Waals surface area (Å²) in [4.78, 5) is 29.4. The first kappa shape index (κ1) is 30.9. The number of sulfonamides is 1. The van der Waals surface area contributed by atoms with E-state index in [9.17, 15) is 18.0 Å². The van der Waals surface area contributed by atoms with Crippen LogP contribution in [0, 0.1) is 20.8 Å². The van der Waals surface area contributed by atoms with Gasteiger partial charge in [-0.2, -0.15) is 0 Å². The molecule has 3 aromatic carbocycles. The summed E-state index contributed by atoms with van der Waals surface area (Å²) in [6, 6.07) is 21.8. The van der Waals surface area contributed by atoms with Gasteiger partial charge in [0.1, 0.15) is 12.6 Å². The molecular weight excluding hydrogens is 522 g/mol. The zero-order chi connectivity index (χ0) is 29.4. The highest BCUT2D eigenvalue weighted by atomic mass is 32.2. The minimum Gasteiger partial charge on any atom is -0.352 e. The molecule has 0 aromatic heterocycles. The van der Waals surface area contributed by atoms with Gasteiger partial charge in [-0.25, -0.2) is 8.42 Å². The van der Waals surface area contributed by atoms with Crippen LogP contribution >= 0.6 is 0 Å². The second-order valence-electron chi connectivity index (χ2n) is 10.5. The third kappa shape index (κ3) is 8.18. The highest BCUT2D eigenvalue weighted by Crippen LogP contribution is 2.26. The Morgan fingerprint density at radius 3 is 2.12 bits per heavy atom. The molecule has 0 spiro atoms. The second kappa shape index (κ2) is 13.6. The SMILES string of the molecule is CC[C@H](C)NC(=O)[C@H](Cc1ccccc1)N(Cc1ccc(C)cc1)C(=O)CN(c1cccc(C)c1C)S(C)(=O)=O. The van der Waals surface area contributed by atoms with E-state index < -0.39 is 28.5 Å². The summed E-state index contributed by atoms with van der Waals surface area (Å²) in [6.07, 6.45) is 2.14. The molecule has 2 atom stereocenters. The van der Waals surface area contributed by atoms with Crippen molar-refractivity contribution in [1.82, 2.24) is 10.2 Å². The summed E-state index contributed by atoms with van der Waals surface area (Å²) in [7, 11) is -3.81. The Labute approximate surface area is 239 Å². The third-order valence-electron chi connectivity index (χ3n) is 7.27. The number of anilines is 1. The van der Waals surface area contributed by atoms with Crippen LogP contribution < -0.4 is 9.62 Å². The summed E-state index contributed by atoms with van der Waals surface area (Å²) >= 11 is 0. The molecule has 0 heterocycles. The number of amides is 2. The van der Waals surface area contributed by atoms with Gasteiger partial charge in [0, 0.05) is 19.0 Å². The van der Waals surface area contributed by atoms with Crippen molar-refractivity contribution >= 4 is 27.5 Å². The molecule has 1 N–H and O–H groups in total. The van der Waals surface area contributed by atoms with Gasteiger partial charge in [0.2, 0.25) is 21.8 Å². The summed E-state index contributed by atoms with van der Waals surface area (Å²) in [5.41, 5.74) is 4.99. The lowest BCUT2D eigenvalue weighted by Crippen LogP contribution is -2.54. The summed E-state index contributed by atoms with van der Waals surface area (Å²) in [5.74, 6) is -0.719. The number of hydrogen-bond donors (Lipinski definition) is 1. The van der Waals surface area contributed by atoms with Gasteiger partial charge in [0.05, 0.1) is 11.9 Å². The topological polar surface area (TPSA) is 86.8 Å². The van der Waals surface area contributed by atoms with Crippen molar-refractivity contribution in [3.05, 3.63) is 101 Å². The minimum absolute atomic E-state index is 0.0791. The molecule has 0 unspecified atom stereocenters. The van der Waals surface area contributed by atoms with E-state index in [2.05, 4.69) is 5.32 Å². The van der Waals surface area contributed by atoms with Gasteiger partial charge in [-0.3, -0.25) is 13.9 Å². The number of nitrogens with zero attached hydrogens (tertiary/aromatic N) is 2. The van der Waals surface area contributed by atoms with E-state index in [1.165, 1.54) is 4.90 Å². The molecule has 0 aliphatic heterocycles. The Hall–Kier alpha value is -3.65. The maximum Gasteiger partial charge on any atom is 0.244 e. The fraction of sp³-hybridized carbons (Fsp3) is 0.375. The molecule has 8 heteroatoms. The van der Waals surface area contributed by atoms with E-state index in [0.717, 1.165) is 44.8 Å². The smallest absolute Gasteiger partial charge is 0.244 e. The van der Waals surface area contributed by atoms with Crippen LogP contribution in [0.4, 0.5) is 5.69 Å². The molecule has 0 saturated heterocycles. The average molecular weight is 564 g/mol. The van der Waals surface area contributed by atoms with Crippen LogP contribution in [-0.4, -0.2) is 50.0 Å². The summed E-state index contributed by atoms with van der Waals surface area (Å²) in [6.45, 7) is 9.38. The van der Waals surface area contributed by atoms with Crippen LogP contribution in [-0.2, 0) is 32.6 Å². The fourth-order valence-electron chi connectivity index (χ4n) is 4.49. The molecule has 0 fully saturated rings. The number of carbonyl (C=O) groups excluding carboxylic acids is 2. The first-order valence-corrected chi connectivity index (χ1v) is 15.5. The largest absolute Gasteiger partial charge is 0.352 e. The molecule has 3 aromatic rings. The van der Waals surface area contributed by atoms with Crippen molar-refractivity contribution < 1.29 is 18.0 Å². The van der Waals surface area contributed by atoms with E-state index in [1.807, 2.05) is 95.3 Å². The Balaban J connectivity index is 2.08. The molecule has 7 nitrogen and oxygen atoms in total. The number of carbonyl (C=O) groups is 2. The van der Waals surface area contributed by atoms with E-state index in [1.54, 1.807) is 12.1 Å². The number of rotatable bonds is 12. The van der Waals surface area contributed by atoms with Crippen LogP contribution in [0.5, 0.6) is 0 Å². The molecule has 0 aliphatic carbocycles. The van der Waals surface area contributed by atoms with Crippen LogP contribution in [0.15, 0.2) is 72.8 Å². The monoisotopic (exact) mass is 563 g/mol. The maximum atomic E-state index is 14.2. The first-order valence-electron chi connectivity index (χ1n) is 13.6. The third-order valence-corrected chi connectivity index (χ3v) is 8.40. The predicted octanol–water partition coefficient (Wildman–Crippen LogP) is 4.93. The summed E-state index contributed by atoms with van der Waals surface area (Å²) in [5, 5.41) is 3.05. The second-order valence-corrected chi connectivity index (χ2v) is 12.4.